The Morgan fingerprint density at radius 1 is 1.12 bits per heavy atom. The van der Waals surface area contributed by atoms with Crippen LogP contribution in [0.1, 0.15) is 24.4 Å². The molecule has 138 valence electrons. The number of likely N-dealkylation sites (tertiary alicyclic amines) is 1. The summed E-state index contributed by atoms with van der Waals surface area (Å²) in [5.74, 6) is 0.279. The monoisotopic (exact) mass is 392 g/mol. The number of benzene rings is 2. The average Bonchev–Trinajstić information content (AvgIpc) is 3.16. The molecule has 0 saturated carbocycles. The van der Waals surface area contributed by atoms with Gasteiger partial charge in [0.05, 0.1) is 11.1 Å². The number of ether oxygens (including phenoxy) is 1. The largest absolute Gasteiger partial charge is 0.482 e. The van der Waals surface area contributed by atoms with E-state index in [2.05, 4.69) is 22.3 Å². The molecule has 1 aliphatic heterocycles. The summed E-state index contributed by atoms with van der Waals surface area (Å²) in [6, 6.07) is 15.4. The number of hydrogen-bond donors (Lipinski definition) is 1. The van der Waals surface area contributed by atoms with Gasteiger partial charge in [0.1, 0.15) is 5.75 Å². The van der Waals surface area contributed by atoms with Crippen LogP contribution in [0, 0.1) is 0 Å². The Kier molecular flexibility index (Phi) is 6.78. The molecule has 4 nitrogen and oxygen atoms in total. The fourth-order valence-corrected chi connectivity index (χ4v) is 3.65. The van der Waals surface area contributed by atoms with Crippen molar-refractivity contribution in [3.8, 4) is 5.75 Å². The zero-order valence-electron chi connectivity index (χ0n) is 14.5. The molecule has 0 unspecified atom stereocenters. The molecule has 26 heavy (non-hydrogen) atoms. The van der Waals surface area contributed by atoms with Crippen LogP contribution >= 0.6 is 23.2 Å². The van der Waals surface area contributed by atoms with Crippen LogP contribution in [-0.2, 0) is 4.79 Å². The van der Waals surface area contributed by atoms with Gasteiger partial charge in [-0.1, -0.05) is 53.5 Å². The summed E-state index contributed by atoms with van der Waals surface area (Å²) in [6.45, 7) is 2.60. The van der Waals surface area contributed by atoms with Gasteiger partial charge in [0.25, 0.3) is 5.91 Å². The normalized spacial score (nSPS) is 15.6. The van der Waals surface area contributed by atoms with Crippen LogP contribution in [0.3, 0.4) is 0 Å². The summed E-state index contributed by atoms with van der Waals surface area (Å²) in [5.41, 5.74) is 1.22. The van der Waals surface area contributed by atoms with E-state index in [4.69, 9.17) is 27.9 Å². The highest BCUT2D eigenvalue weighted by molar-refractivity contribution is 6.35. The van der Waals surface area contributed by atoms with Crippen molar-refractivity contribution in [1.82, 2.24) is 10.2 Å². The number of rotatable bonds is 7. The van der Waals surface area contributed by atoms with Gasteiger partial charge in [0.2, 0.25) is 0 Å². The van der Waals surface area contributed by atoms with E-state index in [1.165, 1.54) is 18.4 Å². The number of nitrogens with one attached hydrogen (secondary N) is 1. The Morgan fingerprint density at radius 3 is 2.54 bits per heavy atom. The Labute approximate surface area is 164 Å². The molecule has 1 N–H and O–H groups in total. The third-order valence-corrected chi connectivity index (χ3v) is 5.04. The minimum absolute atomic E-state index is 0.0805. The molecule has 1 heterocycles. The highest BCUT2D eigenvalue weighted by Crippen LogP contribution is 2.27. The van der Waals surface area contributed by atoms with Crippen LogP contribution in [0.4, 0.5) is 0 Å². The number of nitrogens with zero attached hydrogens (tertiary/aromatic N) is 1. The smallest absolute Gasteiger partial charge is 0.258 e. The van der Waals surface area contributed by atoms with Gasteiger partial charge in [-0.2, -0.15) is 0 Å². The summed E-state index contributed by atoms with van der Waals surface area (Å²) in [5, 5.41) is 3.91. The van der Waals surface area contributed by atoms with E-state index in [-0.39, 0.29) is 18.6 Å². The minimum Gasteiger partial charge on any atom is -0.482 e. The lowest BCUT2D eigenvalue weighted by Gasteiger charge is -2.28. The standard InChI is InChI=1S/C20H22Cl2N2O2/c21-16-8-9-19(17(22)12-16)26-14-20(25)23-13-18(24-10-4-5-11-24)15-6-2-1-3-7-15/h1-3,6-9,12,18H,4-5,10-11,13-14H2,(H,23,25)/t18-/m0/s1. The summed E-state index contributed by atoms with van der Waals surface area (Å²) in [7, 11) is 0. The predicted octanol–water partition coefficient (Wildman–Crippen LogP) is 4.33. The zero-order chi connectivity index (χ0) is 18.4. The molecule has 0 spiro atoms. The molecule has 0 aromatic heterocycles. The van der Waals surface area contributed by atoms with Crippen LogP contribution in [0.25, 0.3) is 0 Å². The number of halogens is 2. The van der Waals surface area contributed by atoms with Gasteiger partial charge < -0.3 is 10.1 Å². The molecule has 3 rings (SSSR count). The van der Waals surface area contributed by atoms with Crippen molar-refractivity contribution >= 4 is 29.1 Å². The first-order valence-electron chi connectivity index (χ1n) is 8.77. The van der Waals surface area contributed by atoms with Crippen LogP contribution in [0.5, 0.6) is 5.75 Å². The van der Waals surface area contributed by atoms with Gasteiger partial charge in [-0.25, -0.2) is 0 Å². The summed E-state index contributed by atoms with van der Waals surface area (Å²) in [6.07, 6.45) is 2.41. The van der Waals surface area contributed by atoms with Gasteiger partial charge in [-0.15, -0.1) is 0 Å². The Hall–Kier alpha value is -1.75. The lowest BCUT2D eigenvalue weighted by molar-refractivity contribution is -0.123. The zero-order valence-corrected chi connectivity index (χ0v) is 16.0. The third-order valence-electron chi connectivity index (χ3n) is 4.51. The highest BCUT2D eigenvalue weighted by atomic mass is 35.5. The molecule has 2 aromatic rings. The fraction of sp³-hybridized carbons (Fsp3) is 0.350. The quantitative estimate of drug-likeness (QED) is 0.762. The van der Waals surface area contributed by atoms with Crippen LogP contribution in [0.2, 0.25) is 10.0 Å². The molecule has 0 bridgehead atoms. The lowest BCUT2D eigenvalue weighted by atomic mass is 10.1. The first kappa shape index (κ1) is 19.0. The van der Waals surface area contributed by atoms with Crippen molar-refractivity contribution in [2.24, 2.45) is 0 Å². The first-order valence-corrected chi connectivity index (χ1v) is 9.52. The van der Waals surface area contributed by atoms with Crippen LogP contribution < -0.4 is 10.1 Å². The van der Waals surface area contributed by atoms with Crippen molar-refractivity contribution in [3.63, 3.8) is 0 Å². The summed E-state index contributed by atoms with van der Waals surface area (Å²) in [4.78, 5) is 14.6. The molecule has 1 amide bonds. The second kappa shape index (κ2) is 9.26. The minimum atomic E-state index is -0.170. The van der Waals surface area contributed by atoms with E-state index in [0.717, 1.165) is 13.1 Å². The van der Waals surface area contributed by atoms with E-state index in [9.17, 15) is 4.79 Å². The van der Waals surface area contributed by atoms with Crippen molar-refractivity contribution in [3.05, 3.63) is 64.1 Å². The van der Waals surface area contributed by atoms with Crippen molar-refractivity contribution < 1.29 is 9.53 Å². The maximum atomic E-state index is 12.2. The first-order chi connectivity index (χ1) is 12.6. The van der Waals surface area contributed by atoms with Crippen LogP contribution in [0.15, 0.2) is 48.5 Å². The van der Waals surface area contributed by atoms with E-state index in [0.29, 0.717) is 22.3 Å². The SMILES string of the molecule is O=C(COc1ccc(Cl)cc1Cl)NC[C@@H](c1ccccc1)N1CCCC1. The van der Waals surface area contributed by atoms with Gasteiger partial charge >= 0.3 is 0 Å². The molecular weight excluding hydrogens is 371 g/mol. The second-order valence-corrected chi connectivity index (χ2v) is 7.18. The highest BCUT2D eigenvalue weighted by Gasteiger charge is 2.23. The molecule has 1 fully saturated rings. The lowest BCUT2D eigenvalue weighted by Crippen LogP contribution is -2.38. The van der Waals surface area contributed by atoms with E-state index < -0.39 is 0 Å². The Balaban J connectivity index is 1.55. The van der Waals surface area contributed by atoms with Gasteiger partial charge in [0.15, 0.2) is 6.61 Å². The molecule has 1 saturated heterocycles. The van der Waals surface area contributed by atoms with E-state index in [1.54, 1.807) is 18.2 Å². The van der Waals surface area contributed by atoms with Gasteiger partial charge in [-0.05, 0) is 49.7 Å². The number of amides is 1. The predicted molar refractivity (Wildman–Crippen MR) is 105 cm³/mol. The maximum Gasteiger partial charge on any atom is 0.258 e. The van der Waals surface area contributed by atoms with Gasteiger partial charge in [0, 0.05) is 11.6 Å². The molecule has 6 heteroatoms. The topological polar surface area (TPSA) is 41.6 Å². The fourth-order valence-electron chi connectivity index (χ4n) is 3.18. The number of hydrogen-bond acceptors (Lipinski definition) is 3. The summed E-state index contributed by atoms with van der Waals surface area (Å²) < 4.78 is 5.50. The van der Waals surface area contributed by atoms with Crippen molar-refractivity contribution in [1.29, 1.82) is 0 Å². The summed E-state index contributed by atoms with van der Waals surface area (Å²) >= 11 is 11.9. The van der Waals surface area contributed by atoms with Crippen molar-refractivity contribution in [2.45, 2.75) is 18.9 Å². The van der Waals surface area contributed by atoms with Crippen molar-refractivity contribution in [2.75, 3.05) is 26.2 Å². The molecular formula is C20H22Cl2N2O2. The molecule has 0 aliphatic carbocycles. The van der Waals surface area contributed by atoms with E-state index in [1.807, 2.05) is 18.2 Å². The second-order valence-electron chi connectivity index (χ2n) is 6.34. The average molecular weight is 393 g/mol. The molecule has 0 radical (unpaired) electrons. The Bertz CT molecular complexity index is 734. The number of carbonyl (C=O) groups is 1. The number of carbonyl (C=O) groups excluding carboxylic acids is 1. The molecule has 1 aliphatic rings. The maximum absolute atomic E-state index is 12.2. The van der Waals surface area contributed by atoms with Crippen LogP contribution in [-0.4, -0.2) is 37.0 Å². The molecule has 1 atom stereocenters. The van der Waals surface area contributed by atoms with Gasteiger partial charge in [-0.3, -0.25) is 9.69 Å². The van der Waals surface area contributed by atoms with E-state index >= 15 is 0 Å². The Morgan fingerprint density at radius 2 is 1.85 bits per heavy atom. The third kappa shape index (κ3) is 5.13. The molecule has 2 aromatic carbocycles.